The molecule has 4 rings (SSSR count). The van der Waals surface area contributed by atoms with Gasteiger partial charge in [0.15, 0.2) is 5.82 Å². The Morgan fingerprint density at radius 2 is 2.00 bits per heavy atom. The fraction of sp³-hybridized carbons (Fsp3) is 0.556. The van der Waals surface area contributed by atoms with Gasteiger partial charge in [0.2, 0.25) is 5.89 Å². The molecular weight excluding hydrogens is 332 g/mol. The van der Waals surface area contributed by atoms with Gasteiger partial charge >= 0.3 is 0 Å². The van der Waals surface area contributed by atoms with Crippen LogP contribution in [0, 0.1) is 0 Å². The molecule has 0 amide bonds. The zero-order chi connectivity index (χ0) is 17.9. The van der Waals surface area contributed by atoms with Crippen LogP contribution in [0.3, 0.4) is 0 Å². The highest BCUT2D eigenvalue weighted by Gasteiger charge is 2.30. The molecular formula is C18H26N6O2. The largest absolute Gasteiger partial charge is 0.497 e. The van der Waals surface area contributed by atoms with Gasteiger partial charge in [0.05, 0.1) is 13.7 Å². The SMILES string of the molecule is COc1cccc(C2CC(c3nc(CN4CCN(C)CC4)no3)NN2)c1. The summed E-state index contributed by atoms with van der Waals surface area (Å²) in [5, 5.41) is 4.17. The molecule has 2 unspecified atom stereocenters. The summed E-state index contributed by atoms with van der Waals surface area (Å²) in [5.74, 6) is 2.27. The molecule has 8 heteroatoms. The van der Waals surface area contributed by atoms with Crippen molar-refractivity contribution in [2.75, 3.05) is 40.3 Å². The Morgan fingerprint density at radius 1 is 1.19 bits per heavy atom. The number of rotatable bonds is 5. The molecule has 2 fully saturated rings. The maximum absolute atomic E-state index is 5.51. The van der Waals surface area contributed by atoms with Gasteiger partial charge in [-0.05, 0) is 31.2 Å². The molecule has 0 spiro atoms. The number of piperazine rings is 1. The van der Waals surface area contributed by atoms with Gasteiger partial charge in [-0.3, -0.25) is 4.90 Å². The minimum atomic E-state index is 0.0138. The summed E-state index contributed by atoms with van der Waals surface area (Å²) in [6.45, 7) is 5.00. The van der Waals surface area contributed by atoms with Crippen LogP contribution in [0.4, 0.5) is 0 Å². The lowest BCUT2D eigenvalue weighted by Crippen LogP contribution is -2.44. The third-order valence-corrected chi connectivity index (χ3v) is 5.14. The van der Waals surface area contributed by atoms with E-state index in [2.05, 4.69) is 43.9 Å². The molecule has 0 saturated carbocycles. The van der Waals surface area contributed by atoms with Gasteiger partial charge in [-0.25, -0.2) is 10.9 Å². The van der Waals surface area contributed by atoms with Gasteiger partial charge in [-0.1, -0.05) is 17.3 Å². The van der Waals surface area contributed by atoms with Crippen molar-refractivity contribution in [3.05, 3.63) is 41.5 Å². The molecule has 2 N–H and O–H groups in total. The first kappa shape index (κ1) is 17.4. The van der Waals surface area contributed by atoms with Crippen molar-refractivity contribution < 1.29 is 9.26 Å². The van der Waals surface area contributed by atoms with Gasteiger partial charge in [0.25, 0.3) is 0 Å². The summed E-state index contributed by atoms with van der Waals surface area (Å²) in [6.07, 6.45) is 0.851. The predicted molar refractivity (Wildman–Crippen MR) is 96.4 cm³/mol. The van der Waals surface area contributed by atoms with E-state index in [0.29, 0.717) is 5.89 Å². The third kappa shape index (κ3) is 3.88. The van der Waals surface area contributed by atoms with Crippen molar-refractivity contribution >= 4 is 0 Å². The van der Waals surface area contributed by atoms with E-state index in [4.69, 9.17) is 9.26 Å². The molecule has 0 aliphatic carbocycles. The van der Waals surface area contributed by atoms with Crippen LogP contribution in [-0.2, 0) is 6.54 Å². The number of aromatic nitrogens is 2. The molecule has 26 heavy (non-hydrogen) atoms. The summed E-state index contributed by atoms with van der Waals surface area (Å²) in [4.78, 5) is 9.31. The molecule has 2 atom stereocenters. The maximum Gasteiger partial charge on any atom is 0.245 e. The smallest absolute Gasteiger partial charge is 0.245 e. The highest BCUT2D eigenvalue weighted by Crippen LogP contribution is 2.31. The van der Waals surface area contributed by atoms with E-state index >= 15 is 0 Å². The molecule has 2 saturated heterocycles. The van der Waals surface area contributed by atoms with Crippen LogP contribution in [0.2, 0.25) is 0 Å². The quantitative estimate of drug-likeness (QED) is 0.823. The molecule has 3 heterocycles. The van der Waals surface area contributed by atoms with Gasteiger partial charge in [0.1, 0.15) is 11.8 Å². The van der Waals surface area contributed by atoms with Crippen molar-refractivity contribution in [2.24, 2.45) is 0 Å². The third-order valence-electron chi connectivity index (χ3n) is 5.14. The van der Waals surface area contributed by atoms with Crippen molar-refractivity contribution in [3.63, 3.8) is 0 Å². The second kappa shape index (κ2) is 7.71. The van der Waals surface area contributed by atoms with E-state index in [-0.39, 0.29) is 12.1 Å². The zero-order valence-corrected chi connectivity index (χ0v) is 15.3. The monoisotopic (exact) mass is 358 g/mol. The Kier molecular flexibility index (Phi) is 5.16. The van der Waals surface area contributed by atoms with Crippen LogP contribution < -0.4 is 15.6 Å². The Morgan fingerprint density at radius 3 is 2.81 bits per heavy atom. The molecule has 2 aromatic rings. The molecule has 8 nitrogen and oxygen atoms in total. The number of hydrazine groups is 1. The first-order chi connectivity index (χ1) is 12.7. The van der Waals surface area contributed by atoms with Crippen LogP contribution in [-0.4, -0.2) is 60.3 Å². The number of hydrogen-bond acceptors (Lipinski definition) is 8. The highest BCUT2D eigenvalue weighted by molar-refractivity contribution is 5.31. The van der Waals surface area contributed by atoms with Crippen molar-refractivity contribution in [3.8, 4) is 5.75 Å². The first-order valence-corrected chi connectivity index (χ1v) is 9.09. The number of hydrogen-bond donors (Lipinski definition) is 2. The number of nitrogens with zero attached hydrogens (tertiary/aromatic N) is 4. The van der Waals surface area contributed by atoms with E-state index in [1.807, 2.05) is 18.2 Å². The summed E-state index contributed by atoms with van der Waals surface area (Å²) in [5.41, 5.74) is 7.77. The second-order valence-electron chi connectivity index (χ2n) is 7.03. The summed E-state index contributed by atoms with van der Waals surface area (Å²) < 4.78 is 10.8. The van der Waals surface area contributed by atoms with Gasteiger partial charge in [0, 0.05) is 32.2 Å². The highest BCUT2D eigenvalue weighted by atomic mass is 16.5. The molecule has 140 valence electrons. The van der Waals surface area contributed by atoms with E-state index < -0.39 is 0 Å². The molecule has 1 aromatic carbocycles. The first-order valence-electron chi connectivity index (χ1n) is 9.09. The van der Waals surface area contributed by atoms with Crippen LogP contribution >= 0.6 is 0 Å². The second-order valence-corrected chi connectivity index (χ2v) is 7.03. The lowest BCUT2D eigenvalue weighted by atomic mass is 10.0. The van der Waals surface area contributed by atoms with Crippen molar-refractivity contribution in [1.29, 1.82) is 0 Å². The number of nitrogens with one attached hydrogen (secondary N) is 2. The van der Waals surface area contributed by atoms with Crippen LogP contribution in [0.1, 0.15) is 35.8 Å². The van der Waals surface area contributed by atoms with E-state index in [1.54, 1.807) is 7.11 Å². The van der Waals surface area contributed by atoms with Gasteiger partial charge < -0.3 is 14.2 Å². The minimum Gasteiger partial charge on any atom is -0.497 e. The number of likely N-dealkylation sites (N-methyl/N-ethyl adjacent to an activating group) is 1. The van der Waals surface area contributed by atoms with E-state index in [9.17, 15) is 0 Å². The average Bonchev–Trinajstić information content (AvgIpc) is 3.33. The predicted octanol–water partition coefficient (Wildman–Crippen LogP) is 1.11. The Bertz CT molecular complexity index is 728. The van der Waals surface area contributed by atoms with Crippen molar-refractivity contribution in [1.82, 2.24) is 30.8 Å². The van der Waals surface area contributed by atoms with E-state index in [1.165, 1.54) is 5.56 Å². The fourth-order valence-electron chi connectivity index (χ4n) is 3.47. The Hall–Kier alpha value is -2.00. The van der Waals surface area contributed by atoms with Crippen LogP contribution in [0.15, 0.2) is 28.8 Å². The van der Waals surface area contributed by atoms with Crippen LogP contribution in [0.5, 0.6) is 5.75 Å². The summed E-state index contributed by atoms with van der Waals surface area (Å²) in [7, 11) is 3.84. The summed E-state index contributed by atoms with van der Waals surface area (Å²) >= 11 is 0. The zero-order valence-electron chi connectivity index (χ0n) is 15.3. The minimum absolute atomic E-state index is 0.0138. The number of methoxy groups -OCH3 is 1. The van der Waals surface area contributed by atoms with E-state index in [0.717, 1.165) is 50.7 Å². The topological polar surface area (TPSA) is 78.7 Å². The Labute approximate surface area is 153 Å². The average molecular weight is 358 g/mol. The molecule has 0 radical (unpaired) electrons. The lowest BCUT2D eigenvalue weighted by Gasteiger charge is -2.31. The molecule has 2 aliphatic rings. The summed E-state index contributed by atoms with van der Waals surface area (Å²) in [6, 6.07) is 8.30. The normalized spacial score (nSPS) is 24.8. The standard InChI is InChI=1S/C18H26N6O2/c1-23-6-8-24(9-7-23)12-17-19-18(26-22-17)16-11-15(20-21-16)13-4-3-5-14(10-13)25-2/h3-5,10,15-16,20-21H,6-9,11-12H2,1-2H3. The maximum atomic E-state index is 5.51. The molecule has 2 aliphatic heterocycles. The number of ether oxygens (including phenoxy) is 1. The number of benzene rings is 1. The molecule has 1 aromatic heterocycles. The van der Waals surface area contributed by atoms with Gasteiger partial charge in [-0.2, -0.15) is 4.98 Å². The van der Waals surface area contributed by atoms with Crippen molar-refractivity contribution in [2.45, 2.75) is 25.0 Å². The molecule has 0 bridgehead atoms. The van der Waals surface area contributed by atoms with Crippen LogP contribution in [0.25, 0.3) is 0 Å². The van der Waals surface area contributed by atoms with Gasteiger partial charge in [-0.15, -0.1) is 0 Å². The Balaban J connectivity index is 1.36. The lowest BCUT2D eigenvalue weighted by molar-refractivity contribution is 0.144. The fourth-order valence-corrected chi connectivity index (χ4v) is 3.47.